The lowest BCUT2D eigenvalue weighted by molar-refractivity contribution is 0.385. The molecule has 0 aliphatic heterocycles. The van der Waals surface area contributed by atoms with E-state index >= 15 is 0 Å². The number of ether oxygens (including phenoxy) is 2. The molecule has 0 heterocycles. The highest BCUT2D eigenvalue weighted by molar-refractivity contribution is 5.48. The van der Waals surface area contributed by atoms with Gasteiger partial charge >= 0.3 is 0 Å². The summed E-state index contributed by atoms with van der Waals surface area (Å²) in [7, 11) is 3.32. The largest absolute Gasteiger partial charge is 0.497 e. The number of nitrogens with zero attached hydrogens (tertiary/aromatic N) is 1. The van der Waals surface area contributed by atoms with E-state index in [1.807, 2.05) is 12.1 Å². The molecule has 0 radical (unpaired) electrons. The molecule has 0 saturated heterocycles. The van der Waals surface area contributed by atoms with Gasteiger partial charge < -0.3 is 9.47 Å². The molecule has 1 aliphatic carbocycles. The Morgan fingerprint density at radius 2 is 2.12 bits per heavy atom. The molecule has 0 bridgehead atoms. The number of methoxy groups -OCH3 is 2. The van der Waals surface area contributed by atoms with Crippen molar-refractivity contribution in [1.82, 2.24) is 0 Å². The summed E-state index contributed by atoms with van der Waals surface area (Å²) >= 11 is 0. The van der Waals surface area contributed by atoms with E-state index < -0.39 is 0 Å². The summed E-state index contributed by atoms with van der Waals surface area (Å²) in [4.78, 5) is 0. The molecule has 0 spiro atoms. The molecule has 1 aromatic rings. The lowest BCUT2D eigenvalue weighted by Gasteiger charge is -2.22. The van der Waals surface area contributed by atoms with Crippen molar-refractivity contribution in [1.29, 1.82) is 5.26 Å². The molecular weight excluding hydrogens is 202 g/mol. The first-order chi connectivity index (χ1) is 7.78. The third-order valence-corrected chi connectivity index (χ3v) is 3.12. The average molecular weight is 217 g/mol. The summed E-state index contributed by atoms with van der Waals surface area (Å²) < 4.78 is 10.6. The first kappa shape index (κ1) is 10.8. The Morgan fingerprint density at radius 3 is 2.75 bits per heavy atom. The molecule has 1 aromatic carbocycles. The molecule has 0 fully saturated rings. The third-order valence-electron chi connectivity index (χ3n) is 3.12. The maximum atomic E-state index is 8.96. The Bertz CT molecular complexity index is 434. The van der Waals surface area contributed by atoms with Crippen molar-refractivity contribution in [3.05, 3.63) is 23.3 Å². The smallest absolute Gasteiger partial charge is 0.126 e. The van der Waals surface area contributed by atoms with Gasteiger partial charge in [-0.1, -0.05) is 0 Å². The monoisotopic (exact) mass is 217 g/mol. The van der Waals surface area contributed by atoms with E-state index in [-0.39, 0.29) is 5.92 Å². The van der Waals surface area contributed by atoms with Gasteiger partial charge in [-0.2, -0.15) is 5.26 Å². The van der Waals surface area contributed by atoms with E-state index in [0.717, 1.165) is 30.8 Å². The number of benzene rings is 1. The third kappa shape index (κ3) is 1.83. The predicted octanol–water partition coefficient (Wildman–Crippen LogP) is 2.33. The van der Waals surface area contributed by atoms with Crippen molar-refractivity contribution >= 4 is 0 Å². The number of fused-ring (bicyclic) bond motifs is 1. The molecule has 0 N–H and O–H groups in total. The second kappa shape index (κ2) is 4.44. The van der Waals surface area contributed by atoms with E-state index in [4.69, 9.17) is 14.7 Å². The van der Waals surface area contributed by atoms with Crippen LogP contribution in [0.15, 0.2) is 12.1 Å². The van der Waals surface area contributed by atoms with Gasteiger partial charge in [0.15, 0.2) is 0 Å². The molecular formula is C13H15NO2. The van der Waals surface area contributed by atoms with Crippen LogP contribution < -0.4 is 9.47 Å². The van der Waals surface area contributed by atoms with Crippen molar-refractivity contribution in [2.45, 2.75) is 19.3 Å². The lowest BCUT2D eigenvalue weighted by Crippen LogP contribution is -2.13. The topological polar surface area (TPSA) is 42.2 Å². The molecule has 3 heteroatoms. The van der Waals surface area contributed by atoms with Crippen LogP contribution in [-0.2, 0) is 12.8 Å². The van der Waals surface area contributed by atoms with Crippen LogP contribution in [0.5, 0.6) is 11.5 Å². The second-order valence-electron chi connectivity index (χ2n) is 4.04. The molecule has 0 amide bonds. The summed E-state index contributed by atoms with van der Waals surface area (Å²) in [6, 6.07) is 6.26. The zero-order chi connectivity index (χ0) is 11.5. The Balaban J connectivity index is 2.42. The summed E-state index contributed by atoms with van der Waals surface area (Å²) in [5.41, 5.74) is 2.42. The Kier molecular flexibility index (Phi) is 3.00. The van der Waals surface area contributed by atoms with Gasteiger partial charge in [0.2, 0.25) is 0 Å². The van der Waals surface area contributed by atoms with Crippen LogP contribution in [0.3, 0.4) is 0 Å². The van der Waals surface area contributed by atoms with E-state index in [9.17, 15) is 0 Å². The summed E-state index contributed by atoms with van der Waals surface area (Å²) in [6.45, 7) is 0. The predicted molar refractivity (Wildman–Crippen MR) is 60.7 cm³/mol. The molecule has 1 aliphatic rings. The summed E-state index contributed by atoms with van der Waals surface area (Å²) in [5, 5.41) is 8.96. The van der Waals surface area contributed by atoms with Gasteiger partial charge in [-0.3, -0.25) is 0 Å². The number of rotatable bonds is 2. The second-order valence-corrected chi connectivity index (χ2v) is 4.04. The van der Waals surface area contributed by atoms with Gasteiger partial charge in [-0.05, 0) is 36.5 Å². The van der Waals surface area contributed by atoms with Gasteiger partial charge in [0.25, 0.3) is 0 Å². The fourth-order valence-electron chi connectivity index (χ4n) is 2.24. The van der Waals surface area contributed by atoms with Crippen LogP contribution >= 0.6 is 0 Å². The molecule has 0 saturated carbocycles. The quantitative estimate of drug-likeness (QED) is 0.763. The molecule has 0 aromatic heterocycles. The minimum atomic E-state index is 0.129. The van der Waals surface area contributed by atoms with Crippen molar-refractivity contribution in [2.24, 2.45) is 5.92 Å². The molecule has 3 nitrogen and oxygen atoms in total. The zero-order valence-electron chi connectivity index (χ0n) is 9.62. The highest BCUT2D eigenvalue weighted by Gasteiger charge is 2.22. The van der Waals surface area contributed by atoms with Crippen LogP contribution in [0, 0.1) is 17.2 Å². The maximum absolute atomic E-state index is 8.96. The summed E-state index contributed by atoms with van der Waals surface area (Å²) in [5.74, 6) is 1.81. The van der Waals surface area contributed by atoms with Crippen molar-refractivity contribution < 1.29 is 9.47 Å². The fraction of sp³-hybridized carbons (Fsp3) is 0.462. The fourth-order valence-corrected chi connectivity index (χ4v) is 2.24. The Morgan fingerprint density at radius 1 is 1.31 bits per heavy atom. The van der Waals surface area contributed by atoms with Crippen LogP contribution in [0.25, 0.3) is 0 Å². The van der Waals surface area contributed by atoms with E-state index in [1.54, 1.807) is 14.2 Å². The molecule has 1 unspecified atom stereocenters. The van der Waals surface area contributed by atoms with E-state index in [1.165, 1.54) is 11.1 Å². The Labute approximate surface area is 95.6 Å². The maximum Gasteiger partial charge on any atom is 0.126 e. The van der Waals surface area contributed by atoms with Crippen molar-refractivity contribution in [3.63, 3.8) is 0 Å². The first-order valence-corrected chi connectivity index (χ1v) is 5.42. The number of hydrogen-bond acceptors (Lipinski definition) is 3. The van der Waals surface area contributed by atoms with Gasteiger partial charge in [0.05, 0.1) is 26.2 Å². The number of nitriles is 1. The average Bonchev–Trinajstić information content (AvgIpc) is 2.36. The minimum Gasteiger partial charge on any atom is -0.497 e. The number of hydrogen-bond donors (Lipinski definition) is 0. The SMILES string of the molecule is COc1cc2c(c(OC)c1)CCC(C#N)C2. The molecule has 2 rings (SSSR count). The molecule has 1 atom stereocenters. The zero-order valence-corrected chi connectivity index (χ0v) is 9.62. The van der Waals surface area contributed by atoms with Crippen LogP contribution in [0.4, 0.5) is 0 Å². The lowest BCUT2D eigenvalue weighted by atomic mass is 9.84. The van der Waals surface area contributed by atoms with Gasteiger partial charge in [-0.15, -0.1) is 0 Å². The standard InChI is InChI=1S/C13H15NO2/c1-15-11-6-10-5-9(8-14)3-4-12(10)13(7-11)16-2/h6-7,9H,3-5H2,1-2H3. The summed E-state index contributed by atoms with van der Waals surface area (Å²) in [6.07, 6.45) is 2.65. The molecule has 84 valence electrons. The van der Waals surface area contributed by atoms with Gasteiger partial charge in [-0.25, -0.2) is 0 Å². The van der Waals surface area contributed by atoms with E-state index in [2.05, 4.69) is 6.07 Å². The highest BCUT2D eigenvalue weighted by atomic mass is 16.5. The van der Waals surface area contributed by atoms with Crippen LogP contribution in [0.2, 0.25) is 0 Å². The van der Waals surface area contributed by atoms with Gasteiger partial charge in [0, 0.05) is 6.07 Å². The van der Waals surface area contributed by atoms with E-state index in [0.29, 0.717) is 0 Å². The van der Waals surface area contributed by atoms with Gasteiger partial charge in [0.1, 0.15) is 11.5 Å². The normalized spacial score (nSPS) is 18.4. The molecule has 16 heavy (non-hydrogen) atoms. The van der Waals surface area contributed by atoms with Crippen molar-refractivity contribution in [2.75, 3.05) is 14.2 Å². The Hall–Kier alpha value is -1.69. The van der Waals surface area contributed by atoms with Crippen LogP contribution in [-0.4, -0.2) is 14.2 Å². The first-order valence-electron chi connectivity index (χ1n) is 5.42. The van der Waals surface area contributed by atoms with Crippen LogP contribution in [0.1, 0.15) is 17.5 Å². The van der Waals surface area contributed by atoms with Crippen molar-refractivity contribution in [3.8, 4) is 17.6 Å². The minimum absolute atomic E-state index is 0.129. The highest BCUT2D eigenvalue weighted by Crippen LogP contribution is 2.35.